The summed E-state index contributed by atoms with van der Waals surface area (Å²) in [6.07, 6.45) is -9.44. The molecular weight excluding hydrogens is 1920 g/mol. The van der Waals surface area contributed by atoms with Crippen LogP contribution >= 0.6 is 11.8 Å². The lowest BCUT2D eigenvalue weighted by molar-refractivity contribution is -0.146. The highest BCUT2D eigenvalue weighted by Gasteiger charge is 2.44. The Morgan fingerprint density at radius 3 is 1.05 bits per heavy atom. The molecule has 0 bridgehead atoms. The summed E-state index contributed by atoms with van der Waals surface area (Å²) in [4.78, 5) is 290. The maximum atomic E-state index is 15.1. The number of aliphatic carboxylic acids is 5. The van der Waals surface area contributed by atoms with E-state index >= 15 is 4.79 Å². The van der Waals surface area contributed by atoms with Gasteiger partial charge < -0.3 is 157 Å². The molecule has 1 aliphatic heterocycles. The molecule has 144 heavy (non-hydrogen) atoms. The van der Waals surface area contributed by atoms with Gasteiger partial charge in [-0.2, -0.15) is 11.8 Å². The summed E-state index contributed by atoms with van der Waals surface area (Å²) in [5, 5.41) is 166. The number of hydrogen-bond donors (Lipinski definition) is 29. The van der Waals surface area contributed by atoms with Crippen molar-refractivity contribution in [2.75, 3.05) is 31.8 Å². The lowest BCUT2D eigenvalue weighted by Gasteiger charge is -2.30. The van der Waals surface area contributed by atoms with Gasteiger partial charge in [-0.05, 0) is 154 Å². The van der Waals surface area contributed by atoms with Gasteiger partial charge in [0.05, 0.1) is 44.3 Å². The molecule has 19 atom stereocenters. The third-order valence-electron chi connectivity index (χ3n) is 22.5. The number of nitrogens with two attached hydrogens (primary N) is 1. The van der Waals surface area contributed by atoms with Gasteiger partial charge in [-0.15, -0.1) is 0 Å². The maximum Gasteiger partial charge on any atom is 0.328 e. The van der Waals surface area contributed by atoms with Crippen molar-refractivity contribution in [2.24, 2.45) is 17.6 Å². The molecule has 51 nitrogen and oxygen atoms in total. The Labute approximate surface area is 829 Å². The summed E-state index contributed by atoms with van der Waals surface area (Å²) in [5.41, 5.74) is 6.90. The van der Waals surface area contributed by atoms with Crippen LogP contribution < -0.4 is 85.5 Å². The van der Waals surface area contributed by atoms with Crippen LogP contribution in [0.5, 0.6) is 23.0 Å². The minimum absolute atomic E-state index is 0.101. The second-order valence-corrected chi connectivity index (χ2v) is 36.0. The number of aromatic hydroxyl groups is 4. The summed E-state index contributed by atoms with van der Waals surface area (Å²) in [6.45, 7) is 6.57. The smallest absolute Gasteiger partial charge is 0.328 e. The Kier molecular flexibility index (Phi) is 48.6. The molecule has 0 aliphatic carbocycles. The van der Waals surface area contributed by atoms with Crippen molar-refractivity contribution in [3.8, 4) is 23.0 Å². The topological polar surface area (TPSA) is 831 Å². The average Bonchev–Trinajstić information content (AvgIpc) is 1.65. The summed E-state index contributed by atoms with van der Waals surface area (Å²) in [5.74, 6) is -29.5. The number of carbonyl (C=O) groups excluding carboxylic acids is 16. The van der Waals surface area contributed by atoms with Gasteiger partial charge in [-0.3, -0.25) is 95.9 Å². The molecule has 1 aliphatic rings. The predicted molar refractivity (Wildman–Crippen MR) is 505 cm³/mol. The van der Waals surface area contributed by atoms with E-state index in [1.165, 1.54) is 123 Å². The number of phenols is 4. The number of hydrogen-bond acceptors (Lipinski definition) is 31. The molecule has 30 N–H and O–H groups in total. The maximum absolute atomic E-state index is 15.1. The number of nitrogens with zero attached hydrogens (tertiary/aromatic N) is 1. The number of nitrogens with one attached hydrogen (secondary N) is 15. The number of amides is 16. The number of carbonyl (C=O) groups is 21. The van der Waals surface area contributed by atoms with Gasteiger partial charge in [0, 0.05) is 45.1 Å². The first-order valence-corrected chi connectivity index (χ1v) is 47.0. The summed E-state index contributed by atoms with van der Waals surface area (Å²) >= 11 is 1.36. The molecule has 0 unspecified atom stereocenters. The Morgan fingerprint density at radius 1 is 0.354 bits per heavy atom. The van der Waals surface area contributed by atoms with E-state index in [1.807, 2.05) is 5.32 Å². The van der Waals surface area contributed by atoms with Gasteiger partial charge in [-0.1, -0.05) is 76.2 Å². The zero-order chi connectivity index (χ0) is 108. The summed E-state index contributed by atoms with van der Waals surface area (Å²) < 4.78 is 0. The third kappa shape index (κ3) is 39.9. The Bertz CT molecular complexity index is 5150. The highest BCUT2D eigenvalue weighted by Crippen LogP contribution is 2.24. The molecule has 16 amide bonds. The zero-order valence-corrected chi connectivity index (χ0v) is 80.7. The van der Waals surface area contributed by atoms with Crippen molar-refractivity contribution in [3.05, 3.63) is 119 Å². The molecule has 1 fully saturated rings. The lowest BCUT2D eigenvalue weighted by Crippen LogP contribution is -2.63. The monoisotopic (exact) mass is 2050 g/mol. The molecule has 0 aromatic heterocycles. The fourth-order valence-electron chi connectivity index (χ4n) is 14.6. The molecule has 790 valence electrons. The van der Waals surface area contributed by atoms with Crippen LogP contribution in [0.1, 0.15) is 135 Å². The van der Waals surface area contributed by atoms with E-state index in [1.54, 1.807) is 20.1 Å². The minimum atomic E-state index is -2.17. The van der Waals surface area contributed by atoms with E-state index in [2.05, 4.69) is 74.4 Å². The van der Waals surface area contributed by atoms with E-state index in [-0.39, 0.29) is 77.5 Å². The molecular formula is C92H127N17O34S. The van der Waals surface area contributed by atoms with Crippen LogP contribution in [0, 0.1) is 11.8 Å². The van der Waals surface area contributed by atoms with Crippen molar-refractivity contribution >= 4 is 136 Å². The van der Waals surface area contributed by atoms with Crippen molar-refractivity contribution in [1.82, 2.24) is 84.7 Å². The second-order valence-electron chi connectivity index (χ2n) is 35.0. The van der Waals surface area contributed by atoms with Crippen LogP contribution in [0.3, 0.4) is 0 Å². The van der Waals surface area contributed by atoms with Gasteiger partial charge in [0.25, 0.3) is 0 Å². The van der Waals surface area contributed by atoms with E-state index < -0.39 is 329 Å². The summed E-state index contributed by atoms with van der Waals surface area (Å²) in [7, 11) is 0. The number of phenolic OH excluding ortho intramolecular Hbond substituents is 4. The fraction of sp³-hybridized carbons (Fsp3) is 0.511. The lowest BCUT2D eigenvalue weighted by atomic mass is 9.99. The zero-order valence-electron chi connectivity index (χ0n) is 79.9. The van der Waals surface area contributed by atoms with E-state index in [0.29, 0.717) is 5.75 Å². The number of carboxylic acids is 5. The number of carboxylic acid groups (broad SMARTS) is 5. The molecule has 0 spiro atoms. The molecule has 4 aromatic rings. The van der Waals surface area contributed by atoms with Crippen molar-refractivity contribution < 1.29 is 167 Å². The fourth-order valence-corrected chi connectivity index (χ4v) is 15.1. The number of benzene rings is 4. The van der Waals surface area contributed by atoms with Crippen molar-refractivity contribution in [1.29, 1.82) is 0 Å². The standard InChI is InChI=1S/C92H127N17O34S/c1-43(2)34-59(81(131)101-64(39-71(122)123)85(135)100-62(37-50-15-23-54(116)24-16-50)83(133)99-61(36-49-13-21-53(115)22-14-49)82(132)98-60(35-48-11-19-52(114)20-12-48)80(130)94-45(5)76(126)107-74(46(6)112)90(140)105-67(42-111)92(142)143)97-84(134)63(38-51-17-25-55(117)26-18-51)102-88(138)73(44(3)4)106-86(136)66(41-110)104-89(139)75(47(7)113)108-79(129)58(28-30-70(120)121)95-78(128)57(27-29-69(118)119)96-87(137)68-10-9-32-109(68)91(141)65(40-72(124)125)103-77(127)56(93)31-33-144-8/h11-26,43-47,56-68,73-75,110-117H,9-10,27-42,93H2,1-8H3,(H,94,130)(H,95,128)(H,96,137)(H,97,134)(H,98,132)(H,99,133)(H,100,135)(H,101,131)(H,102,138)(H,103,127)(H,104,139)(H,105,140)(H,106,136)(H,107,126)(H,108,129)(H,118,119)(H,120,121)(H,122,123)(H,124,125)(H,142,143)/t45-,46+,47+,56-,57-,58-,59-,60-,61-,62-,63-,64-,65-,66-,67-,68-,73-,74-,75-/m0/s1. The van der Waals surface area contributed by atoms with E-state index in [0.717, 1.165) is 25.7 Å². The Morgan fingerprint density at radius 2 is 0.667 bits per heavy atom. The summed E-state index contributed by atoms with van der Waals surface area (Å²) in [6, 6.07) is -10.3. The van der Waals surface area contributed by atoms with Gasteiger partial charge >= 0.3 is 29.8 Å². The molecule has 4 aromatic carbocycles. The largest absolute Gasteiger partial charge is 0.508 e. The first kappa shape index (κ1) is 120. The molecule has 1 heterocycles. The third-order valence-corrected chi connectivity index (χ3v) is 23.1. The first-order valence-electron chi connectivity index (χ1n) is 45.6. The molecule has 1 saturated heterocycles. The number of likely N-dealkylation sites (tertiary alicyclic amines) is 1. The predicted octanol–water partition coefficient (Wildman–Crippen LogP) is -6.65. The normalized spacial score (nSPS) is 16.0. The van der Waals surface area contributed by atoms with Crippen LogP contribution in [0.4, 0.5) is 0 Å². The van der Waals surface area contributed by atoms with Gasteiger partial charge in [0.15, 0.2) is 0 Å². The number of thioether (sulfide) groups is 1. The number of rotatable bonds is 60. The Hall–Kier alpha value is -14.9. The SMILES string of the molecule is CSCC[C@H](N)C(=O)N[C@@H](CC(=O)O)C(=O)N1CCC[C@H]1C(=O)N[C@@H](CCC(=O)O)C(=O)N[C@@H](CCC(=O)O)C(=O)N[C@H](C(=O)N[C@@H](CO)C(=O)N[C@H](C(=O)N[C@@H](Cc1ccc(O)cc1)C(=O)N[C@@H](CC(C)C)C(=O)N[C@@H](CC(=O)O)C(=O)N[C@@H](Cc1ccc(O)cc1)C(=O)N[C@@H](Cc1ccc(O)cc1)C(=O)N[C@@H](Cc1ccc(O)cc1)C(=O)N[C@@H](C)C(=O)N[C@H](C(=O)N[C@@H](CO)C(=O)O)[C@@H](C)O)C(C)C)[C@@H](C)O. The second kappa shape index (κ2) is 58.5. The van der Waals surface area contributed by atoms with Crippen LogP contribution in [0.2, 0.25) is 0 Å². The van der Waals surface area contributed by atoms with E-state index in [9.17, 15) is 162 Å². The quantitative estimate of drug-likeness (QED) is 0.0195. The van der Waals surface area contributed by atoms with Gasteiger partial charge in [0.2, 0.25) is 94.5 Å². The van der Waals surface area contributed by atoms with Crippen molar-refractivity contribution in [2.45, 2.75) is 253 Å². The van der Waals surface area contributed by atoms with Crippen LogP contribution in [0.15, 0.2) is 97.1 Å². The van der Waals surface area contributed by atoms with Crippen LogP contribution in [0.25, 0.3) is 0 Å². The molecule has 52 heteroatoms. The molecule has 0 saturated carbocycles. The Balaban J connectivity index is 1.41. The van der Waals surface area contributed by atoms with E-state index in [4.69, 9.17) is 5.73 Å². The van der Waals surface area contributed by atoms with Crippen LogP contribution in [-0.4, -0.2) is 342 Å². The number of aliphatic hydroxyl groups excluding tert-OH is 4. The minimum Gasteiger partial charge on any atom is -0.508 e. The van der Waals surface area contributed by atoms with Crippen LogP contribution in [-0.2, 0) is 126 Å². The number of aliphatic hydroxyl groups is 4. The highest BCUT2D eigenvalue weighted by atomic mass is 32.2. The van der Waals surface area contributed by atoms with Gasteiger partial charge in [0.1, 0.15) is 120 Å². The highest BCUT2D eigenvalue weighted by molar-refractivity contribution is 7.98. The first-order chi connectivity index (χ1) is 67.7. The van der Waals surface area contributed by atoms with Crippen molar-refractivity contribution in [3.63, 3.8) is 0 Å². The average molecular weight is 2050 g/mol. The molecule has 0 radical (unpaired) electrons. The molecule has 5 rings (SSSR count). The van der Waals surface area contributed by atoms with Gasteiger partial charge in [-0.25, -0.2) is 4.79 Å².